The molecule has 0 spiro atoms. The normalized spacial score (nSPS) is 36.9. The van der Waals surface area contributed by atoms with Gasteiger partial charge in [-0.3, -0.25) is 4.79 Å². The number of carbonyl (C=O) groups is 1. The summed E-state index contributed by atoms with van der Waals surface area (Å²) in [5, 5.41) is 30.3. The highest BCUT2D eigenvalue weighted by atomic mass is 35.5. The third kappa shape index (κ3) is 3.20. The minimum absolute atomic E-state index is 0.163. The fourth-order valence-corrected chi connectivity index (χ4v) is 3.53. The summed E-state index contributed by atoms with van der Waals surface area (Å²) in [5.41, 5.74) is -1.46. The summed E-state index contributed by atoms with van der Waals surface area (Å²) in [6.45, 7) is 3.86. The number of Topliss-reactive ketones (excluding diaryl/α,β-unsaturated/α-hetero) is 1. The number of carbonyl (C=O) groups excluding carboxylic acids is 1. The largest absolute Gasteiger partial charge is 0.465 e. The predicted octanol–water partition coefficient (Wildman–Crippen LogP) is 1.31. The number of ether oxygens (including phenoxy) is 2. The molecular formula is C18H21ClO6. The quantitative estimate of drug-likeness (QED) is 0.695. The molecular weight excluding hydrogens is 348 g/mol. The molecule has 7 heteroatoms. The molecule has 25 heavy (non-hydrogen) atoms. The first-order valence-electron chi connectivity index (χ1n) is 8.15. The molecule has 2 heterocycles. The first kappa shape index (κ1) is 18.4. The van der Waals surface area contributed by atoms with Crippen molar-refractivity contribution in [1.82, 2.24) is 0 Å². The van der Waals surface area contributed by atoms with E-state index in [9.17, 15) is 20.1 Å². The monoisotopic (exact) mass is 368 g/mol. The molecule has 0 radical (unpaired) electrons. The van der Waals surface area contributed by atoms with Crippen molar-refractivity contribution in [3.63, 3.8) is 0 Å². The Morgan fingerprint density at radius 3 is 2.84 bits per heavy atom. The Hall–Kier alpha value is -1.44. The standard InChI is InChI=1S/C18H21ClO6/c1-9-5-6-24-15(9)13(20)4-3-10-7-11-12(8-25-10)16(21)18(2,23)17(22)14(11)19/h3-4,7-9,13,15-16,20-21,23H,5-6H2,1-2H3/b4-3+/t9-,13-,15-,16+,18+/m0/s1. The Morgan fingerprint density at radius 1 is 1.48 bits per heavy atom. The van der Waals surface area contributed by atoms with Gasteiger partial charge in [-0.15, -0.1) is 0 Å². The Morgan fingerprint density at radius 2 is 2.20 bits per heavy atom. The molecule has 6 nitrogen and oxygen atoms in total. The first-order valence-corrected chi connectivity index (χ1v) is 8.53. The SMILES string of the molecule is C[C@H]1CCO[C@@H]1[C@@H](O)/C=C/C1=CC2=C(Cl)C(=O)[C@](C)(O)[C@H](O)C2=CO1. The van der Waals surface area contributed by atoms with Gasteiger partial charge in [-0.25, -0.2) is 0 Å². The molecule has 1 saturated heterocycles. The minimum Gasteiger partial charge on any atom is -0.465 e. The minimum atomic E-state index is -2.00. The van der Waals surface area contributed by atoms with E-state index in [0.717, 1.165) is 6.42 Å². The molecule has 1 aliphatic carbocycles. The van der Waals surface area contributed by atoms with Gasteiger partial charge in [0.25, 0.3) is 0 Å². The maximum Gasteiger partial charge on any atom is 0.209 e. The van der Waals surface area contributed by atoms with E-state index in [1.165, 1.54) is 19.3 Å². The molecule has 3 aliphatic rings. The van der Waals surface area contributed by atoms with Crippen LogP contribution in [0.15, 0.2) is 46.4 Å². The molecule has 0 amide bonds. The number of rotatable bonds is 3. The van der Waals surface area contributed by atoms with E-state index in [0.29, 0.717) is 17.9 Å². The third-order valence-electron chi connectivity index (χ3n) is 4.88. The summed E-state index contributed by atoms with van der Waals surface area (Å²) in [7, 11) is 0. The molecule has 0 aromatic heterocycles. The van der Waals surface area contributed by atoms with Crippen molar-refractivity contribution in [3.8, 4) is 0 Å². The molecule has 0 aromatic carbocycles. The Kier molecular flexibility index (Phi) is 4.92. The second-order valence-electron chi connectivity index (χ2n) is 6.80. The lowest BCUT2D eigenvalue weighted by atomic mass is 9.79. The molecule has 136 valence electrons. The summed E-state index contributed by atoms with van der Waals surface area (Å²) in [4.78, 5) is 12.1. The summed E-state index contributed by atoms with van der Waals surface area (Å²) in [5.74, 6) is -0.135. The smallest absolute Gasteiger partial charge is 0.209 e. The van der Waals surface area contributed by atoms with Crippen LogP contribution in [-0.2, 0) is 14.3 Å². The summed E-state index contributed by atoms with van der Waals surface area (Å²) < 4.78 is 10.9. The second-order valence-corrected chi connectivity index (χ2v) is 7.17. The molecule has 0 unspecified atom stereocenters. The number of halogens is 1. The average Bonchev–Trinajstić information content (AvgIpc) is 3.02. The lowest BCUT2D eigenvalue weighted by Gasteiger charge is -2.35. The van der Waals surface area contributed by atoms with Crippen LogP contribution in [0, 0.1) is 5.92 Å². The maximum absolute atomic E-state index is 12.1. The van der Waals surface area contributed by atoms with E-state index in [1.54, 1.807) is 12.2 Å². The van der Waals surface area contributed by atoms with Gasteiger partial charge < -0.3 is 24.8 Å². The van der Waals surface area contributed by atoms with Gasteiger partial charge in [0, 0.05) is 17.8 Å². The topological polar surface area (TPSA) is 96.2 Å². The number of aliphatic hydroxyl groups is 3. The van der Waals surface area contributed by atoms with Crippen LogP contribution < -0.4 is 0 Å². The van der Waals surface area contributed by atoms with Crippen molar-refractivity contribution in [2.45, 2.75) is 44.2 Å². The lowest BCUT2D eigenvalue weighted by molar-refractivity contribution is -0.140. The zero-order valence-corrected chi connectivity index (χ0v) is 14.7. The fraction of sp³-hybridized carbons (Fsp3) is 0.500. The summed E-state index contributed by atoms with van der Waals surface area (Å²) in [6, 6.07) is 0. The van der Waals surface area contributed by atoms with Crippen LogP contribution in [0.25, 0.3) is 0 Å². The zero-order valence-electron chi connectivity index (χ0n) is 14.0. The lowest BCUT2D eigenvalue weighted by Crippen LogP contribution is -2.51. The molecule has 1 fully saturated rings. The number of allylic oxidation sites excluding steroid dienone is 2. The van der Waals surface area contributed by atoms with Crippen LogP contribution in [0.4, 0.5) is 0 Å². The molecule has 0 saturated carbocycles. The van der Waals surface area contributed by atoms with Gasteiger partial charge in [0.1, 0.15) is 11.9 Å². The number of hydrogen-bond donors (Lipinski definition) is 3. The van der Waals surface area contributed by atoms with Gasteiger partial charge in [-0.1, -0.05) is 18.5 Å². The second kappa shape index (κ2) is 6.70. The van der Waals surface area contributed by atoms with Crippen molar-refractivity contribution in [2.24, 2.45) is 5.92 Å². The van der Waals surface area contributed by atoms with E-state index in [-0.39, 0.29) is 22.6 Å². The predicted molar refractivity (Wildman–Crippen MR) is 90.4 cm³/mol. The number of aliphatic hydroxyl groups excluding tert-OH is 2. The summed E-state index contributed by atoms with van der Waals surface area (Å²) in [6.07, 6.45) is 4.30. The zero-order chi connectivity index (χ0) is 18.4. The van der Waals surface area contributed by atoms with Gasteiger partial charge in [0.15, 0.2) is 5.60 Å². The molecule has 2 aliphatic heterocycles. The number of fused-ring (bicyclic) bond motifs is 1. The first-order chi connectivity index (χ1) is 11.7. The average molecular weight is 369 g/mol. The maximum atomic E-state index is 12.1. The van der Waals surface area contributed by atoms with Gasteiger partial charge in [-0.05, 0) is 37.5 Å². The fourth-order valence-electron chi connectivity index (χ4n) is 3.17. The highest BCUT2D eigenvalue weighted by molar-refractivity contribution is 6.45. The summed E-state index contributed by atoms with van der Waals surface area (Å²) >= 11 is 6.07. The van der Waals surface area contributed by atoms with Crippen LogP contribution >= 0.6 is 11.6 Å². The van der Waals surface area contributed by atoms with Gasteiger partial charge in [-0.2, -0.15) is 0 Å². The van der Waals surface area contributed by atoms with Crippen molar-refractivity contribution in [3.05, 3.63) is 46.4 Å². The van der Waals surface area contributed by atoms with Crippen LogP contribution in [-0.4, -0.2) is 51.6 Å². The van der Waals surface area contributed by atoms with Crippen molar-refractivity contribution < 1.29 is 29.6 Å². The molecule has 3 N–H and O–H groups in total. The Balaban J connectivity index is 1.82. The molecule has 0 aromatic rings. The highest BCUT2D eigenvalue weighted by Crippen LogP contribution is 2.39. The van der Waals surface area contributed by atoms with Crippen molar-refractivity contribution >= 4 is 17.4 Å². The van der Waals surface area contributed by atoms with Crippen LogP contribution in [0.2, 0.25) is 0 Å². The van der Waals surface area contributed by atoms with Crippen LogP contribution in [0.3, 0.4) is 0 Å². The van der Waals surface area contributed by atoms with Gasteiger partial charge in [0.05, 0.1) is 23.5 Å². The highest BCUT2D eigenvalue weighted by Gasteiger charge is 2.48. The molecule has 5 atom stereocenters. The molecule has 0 bridgehead atoms. The Labute approximate surface area is 150 Å². The van der Waals surface area contributed by atoms with Crippen LogP contribution in [0.1, 0.15) is 20.3 Å². The van der Waals surface area contributed by atoms with Crippen LogP contribution in [0.5, 0.6) is 0 Å². The number of hydrogen-bond acceptors (Lipinski definition) is 6. The van der Waals surface area contributed by atoms with E-state index < -0.39 is 23.6 Å². The van der Waals surface area contributed by atoms with Crippen molar-refractivity contribution in [2.75, 3.05) is 6.61 Å². The Bertz CT molecular complexity index is 702. The van der Waals surface area contributed by atoms with Gasteiger partial charge >= 0.3 is 0 Å². The van der Waals surface area contributed by atoms with E-state index >= 15 is 0 Å². The van der Waals surface area contributed by atoms with E-state index in [1.807, 2.05) is 6.92 Å². The molecule has 3 rings (SSSR count). The van der Waals surface area contributed by atoms with Crippen molar-refractivity contribution in [1.29, 1.82) is 0 Å². The van der Waals surface area contributed by atoms with E-state index in [2.05, 4.69) is 0 Å². The third-order valence-corrected chi connectivity index (χ3v) is 5.26. The van der Waals surface area contributed by atoms with E-state index in [4.69, 9.17) is 21.1 Å². The van der Waals surface area contributed by atoms with Gasteiger partial charge in [0.2, 0.25) is 5.78 Å². The number of ketones is 1.